The van der Waals surface area contributed by atoms with Gasteiger partial charge in [-0.25, -0.2) is 4.79 Å². The molecule has 3 heteroatoms. The van der Waals surface area contributed by atoms with Crippen molar-refractivity contribution >= 4 is 11.8 Å². The van der Waals surface area contributed by atoms with Gasteiger partial charge in [-0.15, -0.1) is 6.42 Å². The van der Waals surface area contributed by atoms with Crippen LogP contribution in [-0.2, 0) is 4.74 Å². The quantitative estimate of drug-likeness (QED) is 0.661. The molecule has 3 nitrogen and oxygen atoms in total. The second kappa shape index (κ2) is 4.17. The average molecular weight is 175 g/mol. The van der Waals surface area contributed by atoms with Crippen molar-refractivity contribution in [2.45, 2.75) is 0 Å². The SMILES string of the molecule is C#Cc1ccc(NC(=O)OC)cc1. The van der Waals surface area contributed by atoms with Gasteiger partial charge in [0.05, 0.1) is 7.11 Å². The lowest BCUT2D eigenvalue weighted by molar-refractivity contribution is 0.187. The van der Waals surface area contributed by atoms with E-state index >= 15 is 0 Å². The van der Waals surface area contributed by atoms with Crippen molar-refractivity contribution in [3.63, 3.8) is 0 Å². The second-order valence-electron chi connectivity index (χ2n) is 2.34. The van der Waals surface area contributed by atoms with E-state index in [1.54, 1.807) is 24.3 Å². The average Bonchev–Trinajstić information content (AvgIpc) is 2.19. The van der Waals surface area contributed by atoms with E-state index in [0.717, 1.165) is 5.56 Å². The van der Waals surface area contributed by atoms with Gasteiger partial charge in [0, 0.05) is 11.3 Å². The van der Waals surface area contributed by atoms with Crippen LogP contribution >= 0.6 is 0 Å². The number of anilines is 1. The predicted octanol–water partition coefficient (Wildman–Crippen LogP) is 1.85. The van der Waals surface area contributed by atoms with E-state index in [1.165, 1.54) is 7.11 Å². The summed E-state index contributed by atoms with van der Waals surface area (Å²) in [5.74, 6) is 2.48. The monoisotopic (exact) mass is 175 g/mol. The summed E-state index contributed by atoms with van der Waals surface area (Å²) in [5.41, 5.74) is 1.43. The number of nitrogens with one attached hydrogen (secondary N) is 1. The van der Waals surface area contributed by atoms with E-state index in [2.05, 4.69) is 16.0 Å². The van der Waals surface area contributed by atoms with E-state index in [9.17, 15) is 4.79 Å². The van der Waals surface area contributed by atoms with Gasteiger partial charge >= 0.3 is 6.09 Å². The normalized spacial score (nSPS) is 8.62. The fourth-order valence-corrected chi connectivity index (χ4v) is 0.819. The summed E-state index contributed by atoms with van der Waals surface area (Å²) in [5, 5.41) is 2.51. The number of carbonyl (C=O) groups is 1. The van der Waals surface area contributed by atoms with Gasteiger partial charge in [0.2, 0.25) is 0 Å². The molecular weight excluding hydrogens is 166 g/mol. The molecule has 0 saturated heterocycles. The Labute approximate surface area is 76.7 Å². The Kier molecular flexibility index (Phi) is 2.93. The van der Waals surface area contributed by atoms with Crippen molar-refractivity contribution in [1.82, 2.24) is 0 Å². The van der Waals surface area contributed by atoms with Gasteiger partial charge in [0.15, 0.2) is 0 Å². The summed E-state index contributed by atoms with van der Waals surface area (Å²) in [6, 6.07) is 6.91. The van der Waals surface area contributed by atoms with Gasteiger partial charge < -0.3 is 4.74 Å². The zero-order chi connectivity index (χ0) is 9.68. The molecule has 66 valence electrons. The van der Waals surface area contributed by atoms with Crippen LogP contribution in [0.3, 0.4) is 0 Å². The lowest BCUT2D eigenvalue weighted by Crippen LogP contribution is -2.10. The molecule has 1 N–H and O–H groups in total. The van der Waals surface area contributed by atoms with E-state index in [-0.39, 0.29) is 0 Å². The van der Waals surface area contributed by atoms with Crippen LogP contribution in [0.15, 0.2) is 24.3 Å². The first kappa shape index (κ1) is 9.14. The van der Waals surface area contributed by atoms with E-state index < -0.39 is 6.09 Å². The van der Waals surface area contributed by atoms with Gasteiger partial charge in [-0.1, -0.05) is 5.92 Å². The lowest BCUT2D eigenvalue weighted by atomic mass is 10.2. The number of methoxy groups -OCH3 is 1. The molecule has 0 radical (unpaired) electrons. The molecule has 0 heterocycles. The number of hydrogen-bond acceptors (Lipinski definition) is 2. The van der Waals surface area contributed by atoms with Crippen LogP contribution in [0.2, 0.25) is 0 Å². The van der Waals surface area contributed by atoms with Crippen molar-refractivity contribution in [2.75, 3.05) is 12.4 Å². The van der Waals surface area contributed by atoms with Crippen molar-refractivity contribution in [3.05, 3.63) is 29.8 Å². The molecule has 0 aliphatic heterocycles. The van der Waals surface area contributed by atoms with Gasteiger partial charge in [-0.3, -0.25) is 5.32 Å². The van der Waals surface area contributed by atoms with Gasteiger partial charge in [-0.2, -0.15) is 0 Å². The highest BCUT2D eigenvalue weighted by Gasteiger charge is 1.98. The number of amides is 1. The highest BCUT2D eigenvalue weighted by Crippen LogP contribution is 2.08. The molecule has 1 rings (SSSR count). The van der Waals surface area contributed by atoms with Crippen molar-refractivity contribution in [2.24, 2.45) is 0 Å². The maximum atomic E-state index is 10.8. The van der Waals surface area contributed by atoms with Crippen molar-refractivity contribution in [3.8, 4) is 12.3 Å². The third-order valence-electron chi connectivity index (χ3n) is 1.48. The van der Waals surface area contributed by atoms with Crippen LogP contribution in [0.1, 0.15) is 5.56 Å². The summed E-state index contributed by atoms with van der Waals surface area (Å²) < 4.78 is 4.42. The minimum Gasteiger partial charge on any atom is -0.453 e. The van der Waals surface area contributed by atoms with Crippen LogP contribution < -0.4 is 5.32 Å². The number of carbonyl (C=O) groups excluding carboxylic acids is 1. The standard InChI is InChI=1S/C10H9NO2/c1-3-8-4-6-9(7-5-8)11-10(12)13-2/h1,4-7H,2H3,(H,11,12). The minimum atomic E-state index is -0.492. The van der Waals surface area contributed by atoms with Crippen LogP contribution in [0.4, 0.5) is 10.5 Å². The molecule has 0 bridgehead atoms. The molecule has 0 aromatic heterocycles. The van der Waals surface area contributed by atoms with Crippen molar-refractivity contribution in [1.29, 1.82) is 0 Å². The highest BCUT2D eigenvalue weighted by atomic mass is 16.5. The topological polar surface area (TPSA) is 38.3 Å². The number of rotatable bonds is 1. The summed E-state index contributed by atoms with van der Waals surface area (Å²) >= 11 is 0. The van der Waals surface area contributed by atoms with Gasteiger partial charge in [0.1, 0.15) is 0 Å². The number of terminal acetylenes is 1. The first-order valence-electron chi connectivity index (χ1n) is 3.68. The molecule has 0 atom stereocenters. The molecule has 0 aliphatic carbocycles. The third kappa shape index (κ3) is 2.53. The molecule has 0 aliphatic rings. The summed E-state index contributed by atoms with van der Waals surface area (Å²) in [4.78, 5) is 10.8. The van der Waals surface area contributed by atoms with Crippen molar-refractivity contribution < 1.29 is 9.53 Å². The minimum absolute atomic E-state index is 0.492. The molecule has 1 aromatic carbocycles. The Bertz CT molecular complexity index is 335. The Balaban J connectivity index is 2.71. The summed E-state index contributed by atoms with van der Waals surface area (Å²) in [7, 11) is 1.31. The summed E-state index contributed by atoms with van der Waals surface area (Å²) in [6.07, 6.45) is 4.67. The molecule has 0 spiro atoms. The highest BCUT2D eigenvalue weighted by molar-refractivity contribution is 5.84. The Hall–Kier alpha value is -1.95. The van der Waals surface area contributed by atoms with Gasteiger partial charge in [-0.05, 0) is 24.3 Å². The first-order valence-corrected chi connectivity index (χ1v) is 3.68. The van der Waals surface area contributed by atoms with E-state index in [4.69, 9.17) is 6.42 Å². The smallest absolute Gasteiger partial charge is 0.411 e. The maximum Gasteiger partial charge on any atom is 0.411 e. The maximum absolute atomic E-state index is 10.8. The van der Waals surface area contributed by atoms with E-state index in [0.29, 0.717) is 5.69 Å². The van der Waals surface area contributed by atoms with Crippen LogP contribution in [-0.4, -0.2) is 13.2 Å². The number of ether oxygens (including phenoxy) is 1. The Morgan fingerprint density at radius 1 is 1.46 bits per heavy atom. The zero-order valence-electron chi connectivity index (χ0n) is 7.20. The van der Waals surface area contributed by atoms with E-state index in [1.807, 2.05) is 0 Å². The zero-order valence-corrected chi connectivity index (χ0v) is 7.20. The van der Waals surface area contributed by atoms with Crippen LogP contribution in [0.5, 0.6) is 0 Å². The Morgan fingerprint density at radius 3 is 2.54 bits per heavy atom. The van der Waals surface area contributed by atoms with Crippen LogP contribution in [0, 0.1) is 12.3 Å². The third-order valence-corrected chi connectivity index (χ3v) is 1.48. The van der Waals surface area contributed by atoms with Gasteiger partial charge in [0.25, 0.3) is 0 Å². The number of benzene rings is 1. The molecule has 1 amide bonds. The molecule has 13 heavy (non-hydrogen) atoms. The first-order chi connectivity index (χ1) is 6.26. The molecular formula is C10H9NO2. The fourth-order valence-electron chi connectivity index (χ4n) is 0.819. The molecule has 0 unspecified atom stereocenters. The fraction of sp³-hybridized carbons (Fsp3) is 0.100. The molecule has 1 aromatic rings. The number of hydrogen-bond donors (Lipinski definition) is 1. The lowest BCUT2D eigenvalue weighted by Gasteiger charge is -2.02. The predicted molar refractivity (Wildman–Crippen MR) is 50.4 cm³/mol. The molecule has 0 fully saturated rings. The van der Waals surface area contributed by atoms with Crippen LogP contribution in [0.25, 0.3) is 0 Å². The largest absolute Gasteiger partial charge is 0.453 e. The summed E-state index contributed by atoms with van der Waals surface area (Å²) in [6.45, 7) is 0. The molecule has 0 saturated carbocycles. The Morgan fingerprint density at radius 2 is 2.08 bits per heavy atom. The second-order valence-corrected chi connectivity index (χ2v) is 2.34.